The van der Waals surface area contributed by atoms with Crippen LogP contribution in [0, 0.1) is 6.92 Å². The number of urea groups is 1. The van der Waals surface area contributed by atoms with Crippen LogP contribution in [-0.2, 0) is 10.8 Å². The zero-order chi connectivity index (χ0) is 17.2. The Bertz CT molecular complexity index is 623. The highest BCUT2D eigenvalue weighted by Crippen LogP contribution is 2.27. The Hall–Kier alpha value is -1.70. The number of anilines is 1. The number of carbonyl (C=O) groups is 1. The lowest BCUT2D eigenvalue weighted by atomic mass is 10.1. The molecular formula is C15H20F2N2O3S. The summed E-state index contributed by atoms with van der Waals surface area (Å²) in [6, 6.07) is 4.24. The van der Waals surface area contributed by atoms with E-state index in [-0.39, 0.29) is 11.8 Å². The second kappa shape index (κ2) is 6.82. The molecule has 2 amide bonds. The molecule has 1 N–H and O–H groups in total. The van der Waals surface area contributed by atoms with Crippen LogP contribution >= 0.6 is 0 Å². The molecule has 2 rings (SSSR count). The Balaban J connectivity index is 2.10. The Kier molecular flexibility index (Phi) is 5.23. The van der Waals surface area contributed by atoms with Crippen LogP contribution in [-0.4, -0.2) is 45.3 Å². The maximum Gasteiger partial charge on any atom is 0.387 e. The molecule has 23 heavy (non-hydrogen) atoms. The second-order valence-corrected chi connectivity index (χ2v) is 8.17. The molecule has 1 atom stereocenters. The van der Waals surface area contributed by atoms with Crippen molar-refractivity contribution in [3.8, 4) is 5.75 Å². The average molecular weight is 346 g/mol. The number of amides is 2. The summed E-state index contributed by atoms with van der Waals surface area (Å²) in [4.78, 5) is 14.0. The SMILES string of the molecule is Cc1c(NC(=O)N2CC[S@@](=O)C(C)(C)C2)cccc1OC(F)F. The van der Waals surface area contributed by atoms with E-state index in [9.17, 15) is 17.8 Å². The van der Waals surface area contributed by atoms with Gasteiger partial charge in [-0.1, -0.05) is 6.07 Å². The maximum absolute atomic E-state index is 12.4. The zero-order valence-electron chi connectivity index (χ0n) is 13.3. The molecule has 1 saturated heterocycles. The van der Waals surface area contributed by atoms with Crippen molar-refractivity contribution in [1.29, 1.82) is 0 Å². The fourth-order valence-electron chi connectivity index (χ4n) is 2.42. The van der Waals surface area contributed by atoms with E-state index in [0.717, 1.165) is 0 Å². The van der Waals surface area contributed by atoms with E-state index in [4.69, 9.17) is 0 Å². The molecule has 8 heteroatoms. The van der Waals surface area contributed by atoms with Gasteiger partial charge in [-0.2, -0.15) is 8.78 Å². The van der Waals surface area contributed by atoms with Crippen molar-refractivity contribution in [2.24, 2.45) is 0 Å². The van der Waals surface area contributed by atoms with Gasteiger partial charge in [-0.25, -0.2) is 4.79 Å². The molecule has 128 valence electrons. The van der Waals surface area contributed by atoms with Gasteiger partial charge in [0.25, 0.3) is 0 Å². The number of halogens is 2. The first-order valence-corrected chi connectivity index (χ1v) is 8.51. The van der Waals surface area contributed by atoms with Crippen LogP contribution in [0.25, 0.3) is 0 Å². The summed E-state index contributed by atoms with van der Waals surface area (Å²) in [6.07, 6.45) is 0. The van der Waals surface area contributed by atoms with Gasteiger partial charge in [0, 0.05) is 40.9 Å². The minimum Gasteiger partial charge on any atom is -0.434 e. The summed E-state index contributed by atoms with van der Waals surface area (Å²) < 4.78 is 40.6. The summed E-state index contributed by atoms with van der Waals surface area (Å²) >= 11 is 0. The monoisotopic (exact) mass is 346 g/mol. The number of nitrogens with one attached hydrogen (secondary N) is 1. The van der Waals surface area contributed by atoms with Crippen molar-refractivity contribution in [3.63, 3.8) is 0 Å². The van der Waals surface area contributed by atoms with Crippen LogP contribution in [0.3, 0.4) is 0 Å². The minimum atomic E-state index is -2.92. The predicted octanol–water partition coefficient (Wildman–Crippen LogP) is 2.97. The minimum absolute atomic E-state index is 0.0258. The molecule has 0 saturated carbocycles. The summed E-state index contributed by atoms with van der Waals surface area (Å²) in [5, 5.41) is 2.71. The van der Waals surface area contributed by atoms with Gasteiger partial charge in [0.1, 0.15) is 5.75 Å². The standard InChI is InChI=1S/C15H20F2N2O3S/c1-10-11(5-4-6-12(10)22-13(16)17)18-14(20)19-7-8-23(21)15(2,3)9-19/h4-6,13H,7-9H2,1-3H3,(H,18,20)/t23-/m1/s1. The third kappa shape index (κ3) is 4.19. The molecule has 0 aliphatic carbocycles. The average Bonchev–Trinajstić information content (AvgIpc) is 2.45. The first-order chi connectivity index (χ1) is 10.7. The molecule has 1 aromatic carbocycles. The van der Waals surface area contributed by atoms with E-state index < -0.39 is 22.2 Å². The van der Waals surface area contributed by atoms with Crippen LogP contribution < -0.4 is 10.1 Å². The number of hydrogen-bond acceptors (Lipinski definition) is 3. The van der Waals surface area contributed by atoms with Crippen LogP contribution in [0.5, 0.6) is 5.75 Å². The van der Waals surface area contributed by atoms with Gasteiger partial charge in [0.15, 0.2) is 0 Å². The number of alkyl halides is 2. The molecule has 0 unspecified atom stereocenters. The fraction of sp³-hybridized carbons (Fsp3) is 0.533. The van der Waals surface area contributed by atoms with Gasteiger partial charge in [-0.15, -0.1) is 0 Å². The third-order valence-corrected chi connectivity index (χ3v) is 5.68. The van der Waals surface area contributed by atoms with Gasteiger partial charge in [-0.05, 0) is 32.9 Å². The van der Waals surface area contributed by atoms with Gasteiger partial charge < -0.3 is 15.0 Å². The lowest BCUT2D eigenvalue weighted by Crippen LogP contribution is -2.53. The van der Waals surface area contributed by atoms with E-state index in [1.807, 2.05) is 13.8 Å². The molecule has 0 radical (unpaired) electrons. The fourth-order valence-corrected chi connectivity index (χ4v) is 3.66. The molecule has 1 aromatic rings. The number of ether oxygens (including phenoxy) is 1. The highest BCUT2D eigenvalue weighted by atomic mass is 32.2. The molecule has 1 aliphatic rings. The summed E-state index contributed by atoms with van der Waals surface area (Å²) in [5.74, 6) is 0.450. The quantitative estimate of drug-likeness (QED) is 0.915. The third-order valence-electron chi connectivity index (χ3n) is 3.76. The van der Waals surface area contributed by atoms with Crippen LogP contribution in [0.15, 0.2) is 18.2 Å². The van der Waals surface area contributed by atoms with Crippen molar-refractivity contribution < 1.29 is 22.5 Å². The summed E-state index contributed by atoms with van der Waals surface area (Å²) in [6.45, 7) is 3.15. The van der Waals surface area contributed by atoms with Gasteiger partial charge in [-0.3, -0.25) is 4.21 Å². The van der Waals surface area contributed by atoms with Crippen LogP contribution in [0.2, 0.25) is 0 Å². The van der Waals surface area contributed by atoms with E-state index in [1.54, 1.807) is 17.9 Å². The van der Waals surface area contributed by atoms with E-state index in [1.165, 1.54) is 12.1 Å². The molecule has 1 heterocycles. The second-order valence-electron chi connectivity index (χ2n) is 5.97. The maximum atomic E-state index is 12.4. The van der Waals surface area contributed by atoms with Gasteiger partial charge in [0.2, 0.25) is 0 Å². The summed E-state index contributed by atoms with van der Waals surface area (Å²) in [7, 11) is -0.974. The number of hydrogen-bond donors (Lipinski definition) is 1. The molecule has 1 fully saturated rings. The van der Waals surface area contributed by atoms with Gasteiger partial charge >= 0.3 is 12.6 Å². The van der Waals surface area contributed by atoms with E-state index in [0.29, 0.717) is 30.1 Å². The van der Waals surface area contributed by atoms with Crippen molar-refractivity contribution in [1.82, 2.24) is 4.90 Å². The molecular weight excluding hydrogens is 326 g/mol. The zero-order valence-corrected chi connectivity index (χ0v) is 14.1. The Morgan fingerprint density at radius 3 is 2.74 bits per heavy atom. The Labute approximate surface area is 136 Å². The number of benzene rings is 1. The van der Waals surface area contributed by atoms with Crippen LogP contribution in [0.4, 0.5) is 19.3 Å². The molecule has 5 nitrogen and oxygen atoms in total. The van der Waals surface area contributed by atoms with Crippen molar-refractivity contribution >= 4 is 22.5 Å². The molecule has 0 aromatic heterocycles. The molecule has 0 spiro atoms. The highest BCUT2D eigenvalue weighted by molar-refractivity contribution is 7.86. The van der Waals surface area contributed by atoms with E-state index >= 15 is 0 Å². The smallest absolute Gasteiger partial charge is 0.387 e. The largest absolute Gasteiger partial charge is 0.434 e. The van der Waals surface area contributed by atoms with E-state index in [2.05, 4.69) is 10.1 Å². The molecule has 0 bridgehead atoms. The normalized spacial score (nSPS) is 20.4. The summed E-state index contributed by atoms with van der Waals surface area (Å²) in [5.41, 5.74) is 0.846. The Morgan fingerprint density at radius 2 is 2.13 bits per heavy atom. The van der Waals surface area contributed by atoms with Crippen molar-refractivity contribution in [2.45, 2.75) is 32.1 Å². The topological polar surface area (TPSA) is 58.6 Å². The number of nitrogens with zero attached hydrogens (tertiary/aromatic N) is 1. The van der Waals surface area contributed by atoms with Gasteiger partial charge in [0.05, 0.1) is 4.75 Å². The Morgan fingerprint density at radius 1 is 1.43 bits per heavy atom. The van der Waals surface area contributed by atoms with Crippen molar-refractivity contribution in [2.75, 3.05) is 24.2 Å². The first kappa shape index (κ1) is 17.7. The highest BCUT2D eigenvalue weighted by Gasteiger charge is 2.35. The first-order valence-electron chi connectivity index (χ1n) is 7.19. The van der Waals surface area contributed by atoms with Crippen LogP contribution in [0.1, 0.15) is 19.4 Å². The predicted molar refractivity (Wildman–Crippen MR) is 85.5 cm³/mol. The lowest BCUT2D eigenvalue weighted by molar-refractivity contribution is -0.0502. The lowest BCUT2D eigenvalue weighted by Gasteiger charge is -2.37. The number of rotatable bonds is 3. The van der Waals surface area contributed by atoms with Crippen molar-refractivity contribution in [3.05, 3.63) is 23.8 Å². The number of carbonyl (C=O) groups excluding carboxylic acids is 1. The molecule has 1 aliphatic heterocycles.